The molecule has 5 heteroatoms. The molecule has 4 amide bonds. The van der Waals surface area contributed by atoms with Gasteiger partial charge in [0.2, 0.25) is 5.91 Å². The van der Waals surface area contributed by atoms with Crippen molar-refractivity contribution in [3.63, 3.8) is 0 Å². The summed E-state index contributed by atoms with van der Waals surface area (Å²) in [6.07, 6.45) is 4.27. The van der Waals surface area contributed by atoms with E-state index in [9.17, 15) is 14.4 Å². The third-order valence-electron chi connectivity index (χ3n) is 4.23. The molecule has 0 radical (unpaired) electrons. The maximum absolute atomic E-state index is 12.4. The summed E-state index contributed by atoms with van der Waals surface area (Å²) in [4.78, 5) is 37.3. The van der Waals surface area contributed by atoms with E-state index in [0.717, 1.165) is 24.2 Å². The van der Waals surface area contributed by atoms with Gasteiger partial charge in [-0.15, -0.1) is 0 Å². The van der Waals surface area contributed by atoms with Gasteiger partial charge < -0.3 is 0 Å². The van der Waals surface area contributed by atoms with Gasteiger partial charge in [-0.2, -0.15) is 0 Å². The topological polar surface area (TPSA) is 66.5 Å². The number of hydrogen-bond acceptors (Lipinski definition) is 3. The van der Waals surface area contributed by atoms with E-state index in [0.29, 0.717) is 18.5 Å². The Balaban J connectivity index is 1.83. The Morgan fingerprint density at radius 1 is 1.14 bits per heavy atom. The van der Waals surface area contributed by atoms with Gasteiger partial charge in [-0.05, 0) is 43.4 Å². The van der Waals surface area contributed by atoms with Crippen LogP contribution in [0.4, 0.5) is 10.5 Å². The normalized spacial score (nSPS) is 19.9. The van der Waals surface area contributed by atoms with E-state index >= 15 is 0 Å². The van der Waals surface area contributed by atoms with Crippen LogP contribution in [0.3, 0.4) is 0 Å². The number of aryl methyl sites for hydroxylation is 1. The zero-order valence-corrected chi connectivity index (χ0v) is 12.0. The molecular weight excluding hydrogens is 268 g/mol. The lowest BCUT2D eigenvalue weighted by atomic mass is 10.0. The third kappa shape index (κ3) is 2.22. The highest BCUT2D eigenvalue weighted by atomic mass is 16.2. The van der Waals surface area contributed by atoms with Crippen LogP contribution in [0.15, 0.2) is 24.3 Å². The molecule has 1 heterocycles. The smallest absolute Gasteiger partial charge is 0.276 e. The molecule has 0 aromatic heterocycles. The molecule has 1 N–H and O–H groups in total. The van der Waals surface area contributed by atoms with E-state index in [1.807, 2.05) is 12.1 Å². The van der Waals surface area contributed by atoms with E-state index < -0.39 is 23.3 Å². The van der Waals surface area contributed by atoms with Crippen molar-refractivity contribution in [3.8, 4) is 0 Å². The molecule has 1 aromatic carbocycles. The largest absolute Gasteiger partial charge is 0.335 e. The lowest BCUT2D eigenvalue weighted by Gasteiger charge is -2.30. The average molecular weight is 286 g/mol. The predicted octanol–water partition coefficient (Wildman–Crippen LogP) is 2.39. The van der Waals surface area contributed by atoms with Crippen LogP contribution in [0, 0.1) is 5.41 Å². The molecule has 3 rings (SSSR count). The van der Waals surface area contributed by atoms with Gasteiger partial charge in [0.05, 0.1) is 5.69 Å². The fraction of sp³-hybridized carbons (Fsp3) is 0.438. The minimum absolute atomic E-state index is 0.391. The summed E-state index contributed by atoms with van der Waals surface area (Å²) >= 11 is 0. The van der Waals surface area contributed by atoms with Gasteiger partial charge in [0.15, 0.2) is 0 Å². The molecule has 1 aromatic rings. The summed E-state index contributed by atoms with van der Waals surface area (Å²) in [6, 6.07) is 6.76. The minimum Gasteiger partial charge on any atom is -0.276 e. The maximum Gasteiger partial charge on any atom is 0.335 e. The number of amides is 4. The fourth-order valence-corrected chi connectivity index (χ4v) is 2.67. The van der Waals surface area contributed by atoms with E-state index in [1.54, 1.807) is 12.1 Å². The standard InChI is InChI=1S/C16H18N2O3/c1-2-3-4-11-5-7-12(8-6-11)18-14(20)16(9-10-16)13(19)17-15(18)21/h5-8H,2-4,9-10H2,1H3,(H,17,19,21). The molecule has 0 unspecified atom stereocenters. The van der Waals surface area contributed by atoms with Gasteiger partial charge in [-0.3, -0.25) is 14.9 Å². The van der Waals surface area contributed by atoms with E-state index in [-0.39, 0.29) is 0 Å². The van der Waals surface area contributed by atoms with Crippen molar-refractivity contribution in [3.05, 3.63) is 29.8 Å². The van der Waals surface area contributed by atoms with Gasteiger partial charge in [0.25, 0.3) is 5.91 Å². The number of nitrogens with one attached hydrogen (secondary N) is 1. The number of barbiturate groups is 1. The number of urea groups is 1. The zero-order chi connectivity index (χ0) is 15.0. The lowest BCUT2D eigenvalue weighted by Crippen LogP contribution is -2.59. The van der Waals surface area contributed by atoms with Crippen molar-refractivity contribution in [2.45, 2.75) is 39.0 Å². The molecule has 1 spiro atoms. The second-order valence-electron chi connectivity index (χ2n) is 5.75. The van der Waals surface area contributed by atoms with Gasteiger partial charge >= 0.3 is 6.03 Å². The van der Waals surface area contributed by atoms with E-state index in [4.69, 9.17) is 0 Å². The first-order valence-corrected chi connectivity index (χ1v) is 7.37. The summed E-state index contributed by atoms with van der Waals surface area (Å²) in [5, 5.41) is 2.29. The number of anilines is 1. The second kappa shape index (κ2) is 4.98. The molecule has 1 aliphatic heterocycles. The number of carbonyl (C=O) groups excluding carboxylic acids is 3. The highest BCUT2D eigenvalue weighted by Crippen LogP contribution is 2.49. The number of benzene rings is 1. The molecule has 110 valence electrons. The first kappa shape index (κ1) is 13.8. The van der Waals surface area contributed by atoms with Crippen molar-refractivity contribution in [2.75, 3.05) is 4.90 Å². The summed E-state index contributed by atoms with van der Waals surface area (Å²) in [5.41, 5.74) is 0.716. The molecule has 0 atom stereocenters. The van der Waals surface area contributed by atoms with Crippen LogP contribution >= 0.6 is 0 Å². The Labute approximate surface area is 123 Å². The van der Waals surface area contributed by atoms with Crippen LogP contribution in [0.5, 0.6) is 0 Å². The number of rotatable bonds is 4. The van der Waals surface area contributed by atoms with Gasteiger partial charge in [0.1, 0.15) is 5.41 Å². The van der Waals surface area contributed by atoms with E-state index in [1.165, 1.54) is 5.56 Å². The van der Waals surface area contributed by atoms with Crippen LogP contribution in [0.25, 0.3) is 0 Å². The van der Waals surface area contributed by atoms with Crippen LogP contribution in [-0.4, -0.2) is 17.8 Å². The Morgan fingerprint density at radius 2 is 1.81 bits per heavy atom. The number of hydrogen-bond donors (Lipinski definition) is 1. The maximum atomic E-state index is 12.4. The molecule has 2 aliphatic rings. The van der Waals surface area contributed by atoms with Gasteiger partial charge in [-0.25, -0.2) is 9.69 Å². The monoisotopic (exact) mass is 286 g/mol. The Kier molecular flexibility index (Phi) is 3.27. The predicted molar refractivity (Wildman–Crippen MR) is 77.7 cm³/mol. The number of unbranched alkanes of at least 4 members (excludes halogenated alkanes) is 1. The van der Waals surface area contributed by atoms with Gasteiger partial charge in [0, 0.05) is 0 Å². The molecule has 1 saturated heterocycles. The van der Waals surface area contributed by atoms with E-state index in [2.05, 4.69) is 12.2 Å². The highest BCUT2D eigenvalue weighted by molar-refractivity contribution is 6.31. The van der Waals surface area contributed by atoms with Crippen molar-refractivity contribution in [1.82, 2.24) is 5.32 Å². The number of carbonyl (C=O) groups is 3. The van der Waals surface area contributed by atoms with Crippen LogP contribution < -0.4 is 10.2 Å². The Hall–Kier alpha value is -2.17. The summed E-state index contributed by atoms with van der Waals surface area (Å²) < 4.78 is 0. The van der Waals surface area contributed by atoms with Crippen LogP contribution in [-0.2, 0) is 16.0 Å². The quantitative estimate of drug-likeness (QED) is 0.864. The summed E-state index contributed by atoms with van der Waals surface area (Å²) in [6.45, 7) is 2.14. The Morgan fingerprint density at radius 3 is 2.38 bits per heavy atom. The third-order valence-corrected chi connectivity index (χ3v) is 4.23. The molecule has 5 nitrogen and oxygen atoms in total. The molecular formula is C16H18N2O3. The average Bonchev–Trinajstić information content (AvgIpc) is 3.27. The molecule has 1 aliphatic carbocycles. The molecule has 21 heavy (non-hydrogen) atoms. The zero-order valence-electron chi connectivity index (χ0n) is 12.0. The van der Waals surface area contributed by atoms with Gasteiger partial charge in [-0.1, -0.05) is 25.5 Å². The van der Waals surface area contributed by atoms with Crippen molar-refractivity contribution >= 4 is 23.5 Å². The first-order chi connectivity index (χ1) is 10.1. The minimum atomic E-state index is -0.991. The molecule has 2 fully saturated rings. The second-order valence-corrected chi connectivity index (χ2v) is 5.75. The SMILES string of the molecule is CCCCc1ccc(N2C(=O)NC(=O)C3(CC3)C2=O)cc1. The highest BCUT2D eigenvalue weighted by Gasteiger charge is 2.62. The number of imide groups is 2. The molecule has 0 bridgehead atoms. The van der Waals surface area contributed by atoms with Crippen LogP contribution in [0.2, 0.25) is 0 Å². The molecule has 1 saturated carbocycles. The Bertz CT molecular complexity index is 602. The van der Waals surface area contributed by atoms with Crippen molar-refractivity contribution in [1.29, 1.82) is 0 Å². The van der Waals surface area contributed by atoms with Crippen molar-refractivity contribution < 1.29 is 14.4 Å². The summed E-state index contributed by atoms with van der Waals surface area (Å²) in [5.74, 6) is -0.842. The van der Waals surface area contributed by atoms with Crippen LogP contribution in [0.1, 0.15) is 38.2 Å². The first-order valence-electron chi connectivity index (χ1n) is 7.37. The number of nitrogens with zero attached hydrogens (tertiary/aromatic N) is 1. The fourth-order valence-electron chi connectivity index (χ4n) is 2.67. The van der Waals surface area contributed by atoms with Crippen molar-refractivity contribution in [2.24, 2.45) is 5.41 Å². The lowest BCUT2D eigenvalue weighted by molar-refractivity contribution is -0.136. The summed E-state index contributed by atoms with van der Waals surface area (Å²) in [7, 11) is 0.